The second kappa shape index (κ2) is 9.63. The van der Waals surface area contributed by atoms with Gasteiger partial charge in [-0.2, -0.15) is 4.98 Å². The highest BCUT2D eigenvalue weighted by Crippen LogP contribution is 2.23. The van der Waals surface area contributed by atoms with Gasteiger partial charge in [0.05, 0.1) is 24.3 Å². The molecule has 184 valence electrons. The van der Waals surface area contributed by atoms with Gasteiger partial charge in [-0.05, 0) is 31.9 Å². The zero-order valence-corrected chi connectivity index (χ0v) is 19.9. The first-order chi connectivity index (χ1) is 16.8. The number of aromatic nitrogens is 5. The number of hydrogen-bond acceptors (Lipinski definition) is 8. The summed E-state index contributed by atoms with van der Waals surface area (Å²) in [5, 5.41) is 12.5. The van der Waals surface area contributed by atoms with Crippen molar-refractivity contribution in [2.24, 2.45) is 12.8 Å². The van der Waals surface area contributed by atoms with E-state index in [2.05, 4.69) is 27.1 Å². The Kier molecular flexibility index (Phi) is 6.61. The lowest BCUT2D eigenvalue weighted by molar-refractivity contribution is 0.0695. The molecule has 1 atom stereocenters. The number of nitrogens with one attached hydrogen (secondary N) is 1. The molecule has 3 aromatic heterocycles. The van der Waals surface area contributed by atoms with Gasteiger partial charge < -0.3 is 21.1 Å². The molecule has 0 aromatic carbocycles. The molecular formula is C23H28N8O4. The molecule has 4 heterocycles. The van der Waals surface area contributed by atoms with Crippen LogP contribution in [0, 0.1) is 11.8 Å². The molecule has 4 N–H and O–H groups in total. The predicted octanol–water partition coefficient (Wildman–Crippen LogP) is 0.0307. The van der Waals surface area contributed by atoms with Gasteiger partial charge >= 0.3 is 11.7 Å². The van der Waals surface area contributed by atoms with Crippen molar-refractivity contribution < 1.29 is 9.90 Å². The minimum absolute atomic E-state index is 0.0188. The highest BCUT2D eigenvalue weighted by Gasteiger charge is 2.26. The number of aromatic carboxylic acids is 1. The van der Waals surface area contributed by atoms with Crippen LogP contribution in [-0.2, 0) is 20.1 Å². The number of anilines is 2. The van der Waals surface area contributed by atoms with Crippen LogP contribution >= 0.6 is 0 Å². The monoisotopic (exact) mass is 480 g/mol. The number of aryl methyl sites for hydroxylation is 1. The molecule has 0 bridgehead atoms. The Morgan fingerprint density at radius 3 is 2.71 bits per heavy atom. The Bertz CT molecular complexity index is 1470. The van der Waals surface area contributed by atoms with Gasteiger partial charge in [0.1, 0.15) is 5.82 Å². The number of nitrogens with two attached hydrogens (primary N) is 1. The van der Waals surface area contributed by atoms with Gasteiger partial charge in [-0.15, -0.1) is 5.92 Å². The number of piperidine rings is 1. The Balaban J connectivity index is 1.94. The van der Waals surface area contributed by atoms with Crippen molar-refractivity contribution in [3.8, 4) is 11.8 Å². The van der Waals surface area contributed by atoms with Crippen LogP contribution in [0.15, 0.2) is 21.7 Å². The maximum atomic E-state index is 13.7. The molecule has 35 heavy (non-hydrogen) atoms. The molecule has 1 fully saturated rings. The number of fused-ring (bicyclic) bond motifs is 1. The molecule has 12 nitrogen and oxygen atoms in total. The number of hydrogen-bond donors (Lipinski definition) is 3. The van der Waals surface area contributed by atoms with Gasteiger partial charge in [0.15, 0.2) is 11.2 Å². The molecule has 4 rings (SSSR count). The molecule has 0 radical (unpaired) electrons. The van der Waals surface area contributed by atoms with Crippen LogP contribution in [-0.4, -0.2) is 60.9 Å². The summed E-state index contributed by atoms with van der Waals surface area (Å²) in [6.07, 6.45) is 1.79. The maximum Gasteiger partial charge on any atom is 0.337 e. The van der Waals surface area contributed by atoms with E-state index < -0.39 is 17.2 Å². The van der Waals surface area contributed by atoms with Crippen molar-refractivity contribution in [1.82, 2.24) is 23.7 Å². The van der Waals surface area contributed by atoms with E-state index in [1.165, 1.54) is 23.7 Å². The molecule has 0 amide bonds. The van der Waals surface area contributed by atoms with Gasteiger partial charge in [0.25, 0.3) is 5.56 Å². The minimum Gasteiger partial charge on any atom is -0.478 e. The molecule has 12 heteroatoms. The Morgan fingerprint density at radius 1 is 1.29 bits per heavy atom. The van der Waals surface area contributed by atoms with Gasteiger partial charge in [-0.1, -0.05) is 5.92 Å². The van der Waals surface area contributed by atoms with E-state index in [4.69, 9.17) is 5.73 Å². The molecule has 0 saturated carbocycles. The SMILES string of the molecule is CC#CCn1c(N2CCCC(N)C2)nc2c1c(=O)n(Cc1nc(NC)ccc1C(=O)O)c(=O)n2C. The summed E-state index contributed by atoms with van der Waals surface area (Å²) < 4.78 is 3.99. The number of pyridine rings is 1. The zero-order chi connectivity index (χ0) is 25.3. The topological polar surface area (TPSA) is 153 Å². The fraction of sp³-hybridized carbons (Fsp3) is 0.435. The van der Waals surface area contributed by atoms with E-state index in [0.29, 0.717) is 18.3 Å². The van der Waals surface area contributed by atoms with Crippen LogP contribution < -0.4 is 27.2 Å². The van der Waals surface area contributed by atoms with Crippen molar-refractivity contribution in [2.75, 3.05) is 30.4 Å². The standard InChI is InChI=1S/C23H28N8O4/c1-4-5-11-30-18-19(27-22(30)29-10-6-7-14(24)12-29)28(3)23(35)31(20(18)32)13-16-15(21(33)34)8-9-17(25-2)26-16/h8-9,14H,6-7,10-13,24H2,1-3H3,(H,25,26)(H,33,34). The largest absolute Gasteiger partial charge is 0.478 e. The van der Waals surface area contributed by atoms with Crippen LogP contribution in [0.3, 0.4) is 0 Å². The van der Waals surface area contributed by atoms with Crippen LogP contribution in [0.2, 0.25) is 0 Å². The third-order valence-corrected chi connectivity index (χ3v) is 6.14. The predicted molar refractivity (Wildman–Crippen MR) is 132 cm³/mol. The molecule has 0 spiro atoms. The fourth-order valence-corrected chi connectivity index (χ4v) is 4.35. The van der Waals surface area contributed by atoms with E-state index in [1.807, 2.05) is 4.90 Å². The summed E-state index contributed by atoms with van der Waals surface area (Å²) in [4.78, 5) is 49.7. The lowest BCUT2D eigenvalue weighted by atomic mass is 10.1. The number of nitrogens with zero attached hydrogens (tertiary/aromatic N) is 6. The van der Waals surface area contributed by atoms with E-state index in [9.17, 15) is 19.5 Å². The lowest BCUT2D eigenvalue weighted by Gasteiger charge is -2.31. The molecule has 0 aliphatic carbocycles. The third-order valence-electron chi connectivity index (χ3n) is 6.14. The molecule has 1 aliphatic rings. The van der Waals surface area contributed by atoms with Gasteiger partial charge in [-0.3, -0.25) is 18.5 Å². The number of imidazole rings is 1. The molecule has 3 aromatic rings. The maximum absolute atomic E-state index is 13.7. The molecule has 1 aliphatic heterocycles. The Morgan fingerprint density at radius 2 is 2.06 bits per heavy atom. The first-order valence-electron chi connectivity index (χ1n) is 11.3. The minimum atomic E-state index is -1.20. The highest BCUT2D eigenvalue weighted by atomic mass is 16.4. The Labute approximate surface area is 201 Å². The van der Waals surface area contributed by atoms with Gasteiger partial charge in [0.2, 0.25) is 5.95 Å². The number of carboxylic acid groups (broad SMARTS) is 1. The number of carbonyl (C=O) groups is 1. The molecule has 1 saturated heterocycles. The van der Waals surface area contributed by atoms with E-state index in [1.54, 1.807) is 18.5 Å². The number of carboxylic acids is 1. The van der Waals surface area contributed by atoms with Gasteiger partial charge in [0, 0.05) is 33.2 Å². The lowest BCUT2D eigenvalue weighted by Crippen LogP contribution is -2.44. The van der Waals surface area contributed by atoms with Crippen molar-refractivity contribution in [1.29, 1.82) is 0 Å². The number of rotatable bonds is 6. The summed E-state index contributed by atoms with van der Waals surface area (Å²) in [5.74, 6) is 5.58. The van der Waals surface area contributed by atoms with E-state index in [-0.39, 0.29) is 41.6 Å². The quantitative estimate of drug-likeness (QED) is 0.415. The van der Waals surface area contributed by atoms with Crippen molar-refractivity contribution in [2.45, 2.75) is 38.9 Å². The van der Waals surface area contributed by atoms with Crippen molar-refractivity contribution in [3.05, 3.63) is 44.2 Å². The van der Waals surface area contributed by atoms with Crippen molar-refractivity contribution >= 4 is 28.9 Å². The van der Waals surface area contributed by atoms with E-state index >= 15 is 0 Å². The highest BCUT2D eigenvalue weighted by molar-refractivity contribution is 5.89. The Hall–Kier alpha value is -4.11. The smallest absolute Gasteiger partial charge is 0.337 e. The summed E-state index contributed by atoms with van der Waals surface area (Å²) >= 11 is 0. The third kappa shape index (κ3) is 4.38. The summed E-state index contributed by atoms with van der Waals surface area (Å²) in [6, 6.07) is 2.89. The van der Waals surface area contributed by atoms with Crippen LogP contribution in [0.5, 0.6) is 0 Å². The first-order valence-corrected chi connectivity index (χ1v) is 11.3. The zero-order valence-electron chi connectivity index (χ0n) is 19.9. The van der Waals surface area contributed by atoms with Crippen LogP contribution in [0.4, 0.5) is 11.8 Å². The summed E-state index contributed by atoms with van der Waals surface area (Å²) in [5.41, 5.74) is 5.41. The summed E-state index contributed by atoms with van der Waals surface area (Å²) in [7, 11) is 3.18. The van der Waals surface area contributed by atoms with Crippen LogP contribution in [0.25, 0.3) is 11.2 Å². The van der Waals surface area contributed by atoms with E-state index in [0.717, 1.165) is 24.0 Å². The second-order valence-corrected chi connectivity index (χ2v) is 8.42. The first kappa shape index (κ1) is 24.0. The average Bonchev–Trinajstić information content (AvgIpc) is 3.23. The fourth-order valence-electron chi connectivity index (χ4n) is 4.35. The second-order valence-electron chi connectivity index (χ2n) is 8.42. The average molecular weight is 481 g/mol. The van der Waals surface area contributed by atoms with Crippen molar-refractivity contribution in [3.63, 3.8) is 0 Å². The molecular weight excluding hydrogens is 452 g/mol. The van der Waals surface area contributed by atoms with Crippen LogP contribution in [0.1, 0.15) is 35.8 Å². The summed E-state index contributed by atoms with van der Waals surface area (Å²) in [6.45, 7) is 2.90. The molecule has 1 unspecified atom stereocenters. The van der Waals surface area contributed by atoms with Gasteiger partial charge in [-0.25, -0.2) is 14.6 Å². The normalized spacial score (nSPS) is 15.7.